The van der Waals surface area contributed by atoms with Crippen LogP contribution in [0.2, 0.25) is 0 Å². The highest BCUT2D eigenvalue weighted by atomic mass is 16.5. The number of hydrogen-bond donors (Lipinski definition) is 2. The van der Waals surface area contributed by atoms with E-state index >= 15 is 0 Å². The van der Waals surface area contributed by atoms with Gasteiger partial charge in [-0.25, -0.2) is 4.79 Å². The van der Waals surface area contributed by atoms with Crippen LogP contribution in [0.4, 0.5) is 11.4 Å². The van der Waals surface area contributed by atoms with Gasteiger partial charge in [0.25, 0.3) is 5.91 Å². The lowest BCUT2D eigenvalue weighted by Gasteiger charge is -2.13. The minimum Gasteiger partial charge on any atom is -0.452 e. The van der Waals surface area contributed by atoms with Gasteiger partial charge in [-0.2, -0.15) is 0 Å². The van der Waals surface area contributed by atoms with E-state index in [1.807, 2.05) is 38.1 Å². The molecule has 3 N–H and O–H groups in total. The first-order valence-electron chi connectivity index (χ1n) is 7.39. The molecular weight excluding hydrogens is 292 g/mol. The summed E-state index contributed by atoms with van der Waals surface area (Å²) in [5.41, 5.74) is 8.24. The molecule has 2 aromatic carbocycles. The number of rotatable bonds is 5. The number of nitrogen functional groups attached to an aromatic ring is 1. The van der Waals surface area contributed by atoms with Gasteiger partial charge in [0, 0.05) is 11.4 Å². The lowest BCUT2D eigenvalue weighted by Crippen LogP contribution is -2.21. The summed E-state index contributed by atoms with van der Waals surface area (Å²) in [5.74, 6) is -0.650. The van der Waals surface area contributed by atoms with E-state index in [0.717, 1.165) is 11.3 Å². The number of esters is 1. The molecule has 0 radical (unpaired) electrons. The van der Waals surface area contributed by atoms with Gasteiger partial charge < -0.3 is 15.8 Å². The van der Waals surface area contributed by atoms with Crippen LogP contribution in [-0.4, -0.2) is 18.5 Å². The number of nitrogens with one attached hydrogen (secondary N) is 1. The Bertz CT molecular complexity index is 694. The molecule has 5 nitrogen and oxygen atoms in total. The zero-order valence-corrected chi connectivity index (χ0v) is 13.2. The fourth-order valence-electron chi connectivity index (χ4n) is 2.13. The summed E-state index contributed by atoms with van der Waals surface area (Å²) in [6.45, 7) is 3.76. The first kappa shape index (κ1) is 16.5. The monoisotopic (exact) mass is 312 g/mol. The molecule has 0 atom stereocenters. The molecule has 120 valence electrons. The van der Waals surface area contributed by atoms with Crippen molar-refractivity contribution in [3.8, 4) is 0 Å². The Morgan fingerprint density at radius 1 is 1.09 bits per heavy atom. The minimum absolute atomic E-state index is 0.281. The zero-order valence-electron chi connectivity index (χ0n) is 13.2. The van der Waals surface area contributed by atoms with Crippen molar-refractivity contribution in [1.29, 1.82) is 0 Å². The Morgan fingerprint density at radius 3 is 2.39 bits per heavy atom. The second-order valence-corrected chi connectivity index (χ2v) is 5.49. The average Bonchev–Trinajstić information content (AvgIpc) is 2.53. The van der Waals surface area contributed by atoms with E-state index in [1.54, 1.807) is 24.3 Å². The van der Waals surface area contributed by atoms with Crippen molar-refractivity contribution in [1.82, 2.24) is 0 Å². The summed E-state index contributed by atoms with van der Waals surface area (Å²) >= 11 is 0. The number of nitrogens with two attached hydrogens (primary N) is 1. The summed E-state index contributed by atoms with van der Waals surface area (Å²) in [5, 5.41) is 2.77. The lowest BCUT2D eigenvalue weighted by molar-refractivity contribution is -0.119. The molecule has 5 heteroatoms. The second kappa shape index (κ2) is 7.45. The molecule has 0 unspecified atom stereocenters. The van der Waals surface area contributed by atoms with Crippen LogP contribution in [0, 0.1) is 0 Å². The maximum Gasteiger partial charge on any atom is 0.338 e. The largest absolute Gasteiger partial charge is 0.452 e. The Morgan fingerprint density at radius 2 is 1.74 bits per heavy atom. The molecule has 0 bridgehead atoms. The van der Waals surface area contributed by atoms with Gasteiger partial charge in [-0.15, -0.1) is 0 Å². The zero-order chi connectivity index (χ0) is 16.8. The maximum atomic E-state index is 12.0. The molecule has 0 heterocycles. The van der Waals surface area contributed by atoms with Crippen LogP contribution >= 0.6 is 0 Å². The van der Waals surface area contributed by atoms with Crippen LogP contribution in [0.25, 0.3) is 0 Å². The molecule has 0 saturated carbocycles. The summed E-state index contributed by atoms with van der Waals surface area (Å²) in [6, 6.07) is 13.9. The molecule has 2 rings (SSSR count). The number of carbonyl (C=O) groups excluding carboxylic acids is 2. The summed E-state index contributed by atoms with van der Waals surface area (Å²) in [7, 11) is 0. The van der Waals surface area contributed by atoms with Crippen molar-refractivity contribution in [3.63, 3.8) is 0 Å². The Labute approximate surface area is 135 Å². The highest BCUT2D eigenvalue weighted by Crippen LogP contribution is 2.23. The minimum atomic E-state index is -0.558. The first-order valence-corrected chi connectivity index (χ1v) is 7.39. The van der Waals surface area contributed by atoms with Gasteiger partial charge in [-0.1, -0.05) is 32.0 Å². The molecule has 1 amide bonds. The predicted octanol–water partition coefficient (Wildman–Crippen LogP) is 3.19. The van der Waals surface area contributed by atoms with E-state index in [2.05, 4.69) is 5.32 Å². The normalized spacial score (nSPS) is 10.4. The molecule has 0 aliphatic heterocycles. The standard InChI is InChI=1S/C18H20N2O3/c1-12(2)15-5-3-4-6-16(15)20-17(21)11-23-18(22)13-7-9-14(19)10-8-13/h3-10,12H,11,19H2,1-2H3,(H,20,21). The third kappa shape index (κ3) is 4.57. The summed E-state index contributed by atoms with van der Waals surface area (Å²) < 4.78 is 5.01. The fraction of sp³-hybridized carbons (Fsp3) is 0.222. The molecular formula is C18H20N2O3. The topological polar surface area (TPSA) is 81.4 Å². The maximum absolute atomic E-state index is 12.0. The van der Waals surface area contributed by atoms with Crippen LogP contribution in [-0.2, 0) is 9.53 Å². The molecule has 0 aliphatic carbocycles. The highest BCUT2D eigenvalue weighted by Gasteiger charge is 2.12. The van der Waals surface area contributed by atoms with Crippen LogP contribution in [0.1, 0.15) is 35.7 Å². The van der Waals surface area contributed by atoms with Gasteiger partial charge in [0.15, 0.2) is 6.61 Å². The Kier molecular flexibility index (Phi) is 5.36. The van der Waals surface area contributed by atoms with Gasteiger partial charge in [0.2, 0.25) is 0 Å². The molecule has 2 aromatic rings. The Balaban J connectivity index is 1.93. The van der Waals surface area contributed by atoms with E-state index in [-0.39, 0.29) is 18.4 Å². The predicted molar refractivity (Wildman–Crippen MR) is 90.3 cm³/mol. The third-order valence-corrected chi connectivity index (χ3v) is 3.34. The van der Waals surface area contributed by atoms with E-state index in [0.29, 0.717) is 11.3 Å². The number of benzene rings is 2. The van der Waals surface area contributed by atoms with E-state index < -0.39 is 5.97 Å². The lowest BCUT2D eigenvalue weighted by atomic mass is 10.0. The molecule has 23 heavy (non-hydrogen) atoms. The van der Waals surface area contributed by atoms with Crippen molar-refractivity contribution in [2.75, 3.05) is 17.7 Å². The number of ether oxygens (including phenoxy) is 1. The van der Waals surface area contributed by atoms with Crippen molar-refractivity contribution in [2.24, 2.45) is 0 Å². The molecule has 0 spiro atoms. The number of para-hydroxylation sites is 1. The number of amides is 1. The third-order valence-electron chi connectivity index (χ3n) is 3.34. The van der Waals surface area contributed by atoms with E-state index in [1.165, 1.54) is 0 Å². The fourth-order valence-corrected chi connectivity index (χ4v) is 2.13. The number of carbonyl (C=O) groups is 2. The van der Waals surface area contributed by atoms with Gasteiger partial charge in [-0.05, 0) is 41.8 Å². The van der Waals surface area contributed by atoms with Gasteiger partial charge >= 0.3 is 5.97 Å². The molecule has 0 aliphatic rings. The molecule has 0 aromatic heterocycles. The smallest absolute Gasteiger partial charge is 0.338 e. The van der Waals surface area contributed by atoms with Gasteiger partial charge in [0.1, 0.15) is 0 Å². The van der Waals surface area contributed by atoms with Crippen molar-refractivity contribution in [2.45, 2.75) is 19.8 Å². The summed E-state index contributed by atoms with van der Waals surface area (Å²) in [6.07, 6.45) is 0. The van der Waals surface area contributed by atoms with E-state index in [9.17, 15) is 9.59 Å². The van der Waals surface area contributed by atoms with Crippen molar-refractivity contribution < 1.29 is 14.3 Å². The molecule has 0 saturated heterocycles. The number of hydrogen-bond acceptors (Lipinski definition) is 4. The quantitative estimate of drug-likeness (QED) is 0.656. The van der Waals surface area contributed by atoms with Crippen LogP contribution < -0.4 is 11.1 Å². The van der Waals surface area contributed by atoms with Crippen LogP contribution in [0.5, 0.6) is 0 Å². The van der Waals surface area contributed by atoms with Crippen LogP contribution in [0.15, 0.2) is 48.5 Å². The van der Waals surface area contributed by atoms with Gasteiger partial charge in [0.05, 0.1) is 5.56 Å². The van der Waals surface area contributed by atoms with Crippen LogP contribution in [0.3, 0.4) is 0 Å². The van der Waals surface area contributed by atoms with Crippen molar-refractivity contribution in [3.05, 3.63) is 59.7 Å². The highest BCUT2D eigenvalue weighted by molar-refractivity contribution is 5.96. The second-order valence-electron chi connectivity index (χ2n) is 5.49. The molecule has 0 fully saturated rings. The summed E-state index contributed by atoms with van der Waals surface area (Å²) in [4.78, 5) is 23.8. The Hall–Kier alpha value is -2.82. The SMILES string of the molecule is CC(C)c1ccccc1NC(=O)COC(=O)c1ccc(N)cc1. The number of anilines is 2. The van der Waals surface area contributed by atoms with Gasteiger partial charge in [-0.3, -0.25) is 4.79 Å². The van der Waals surface area contributed by atoms with E-state index in [4.69, 9.17) is 10.5 Å². The van der Waals surface area contributed by atoms with Crippen molar-refractivity contribution >= 4 is 23.3 Å². The first-order chi connectivity index (χ1) is 11.0. The average molecular weight is 312 g/mol.